The molecule has 2 heterocycles. The minimum atomic E-state index is 0.610. The van der Waals surface area contributed by atoms with Gasteiger partial charge in [0.2, 0.25) is 5.95 Å². The van der Waals surface area contributed by atoms with E-state index in [0.717, 1.165) is 57.2 Å². The predicted molar refractivity (Wildman–Crippen MR) is 81.0 cm³/mol. The summed E-state index contributed by atoms with van der Waals surface area (Å²) in [4.78, 5) is 14.3. The number of nitrogens with zero attached hydrogens (tertiary/aromatic N) is 4. The summed E-state index contributed by atoms with van der Waals surface area (Å²) in [6.45, 7) is 7.14. The molecule has 2 N–H and O–H groups in total. The third-order valence-corrected chi connectivity index (χ3v) is 4.69. The summed E-state index contributed by atoms with van der Waals surface area (Å²) >= 11 is 0. The van der Waals surface area contributed by atoms with Crippen LogP contribution in [0.4, 0.5) is 5.95 Å². The van der Waals surface area contributed by atoms with Gasteiger partial charge in [0.25, 0.3) is 0 Å². The fourth-order valence-corrected chi connectivity index (χ4v) is 3.19. The average Bonchev–Trinajstić information content (AvgIpc) is 2.47. The van der Waals surface area contributed by atoms with Crippen LogP contribution in [0.3, 0.4) is 0 Å². The smallest absolute Gasteiger partial charge is 0.225 e. The Morgan fingerprint density at radius 3 is 2.65 bits per heavy atom. The molecule has 1 aromatic heterocycles. The molecule has 0 aromatic carbocycles. The standard InChI is InChI=1S/C15H25N5/c1-11-13-9-12(10-16)3-4-14(13)18-15(17-11)20-7-5-19(2)6-8-20/h12H,3-10,16H2,1-2H3. The van der Waals surface area contributed by atoms with Gasteiger partial charge in [-0.1, -0.05) is 0 Å². The van der Waals surface area contributed by atoms with Gasteiger partial charge in [0.1, 0.15) is 0 Å². The van der Waals surface area contributed by atoms with Crippen LogP contribution in [-0.2, 0) is 12.8 Å². The van der Waals surface area contributed by atoms with Gasteiger partial charge in [0.05, 0.1) is 0 Å². The minimum Gasteiger partial charge on any atom is -0.338 e. The number of aromatic nitrogens is 2. The quantitative estimate of drug-likeness (QED) is 0.856. The Hall–Kier alpha value is -1.20. The fourth-order valence-electron chi connectivity index (χ4n) is 3.19. The number of likely N-dealkylation sites (N-methyl/N-ethyl adjacent to an activating group) is 1. The van der Waals surface area contributed by atoms with E-state index < -0.39 is 0 Å². The summed E-state index contributed by atoms with van der Waals surface area (Å²) in [5, 5.41) is 0. The zero-order valence-electron chi connectivity index (χ0n) is 12.6. The van der Waals surface area contributed by atoms with Gasteiger partial charge in [-0.2, -0.15) is 0 Å². The molecule has 1 aliphatic heterocycles. The van der Waals surface area contributed by atoms with Gasteiger partial charge in [-0.25, -0.2) is 9.97 Å². The lowest BCUT2D eigenvalue weighted by Crippen LogP contribution is -2.45. The number of aryl methyl sites for hydroxylation is 2. The van der Waals surface area contributed by atoms with Crippen LogP contribution in [-0.4, -0.2) is 54.6 Å². The number of hydrogen-bond acceptors (Lipinski definition) is 5. The van der Waals surface area contributed by atoms with Crippen molar-refractivity contribution >= 4 is 5.95 Å². The van der Waals surface area contributed by atoms with Crippen molar-refractivity contribution in [2.45, 2.75) is 26.2 Å². The summed E-state index contributed by atoms with van der Waals surface area (Å²) in [7, 11) is 2.17. The van der Waals surface area contributed by atoms with Crippen LogP contribution < -0.4 is 10.6 Å². The number of fused-ring (bicyclic) bond motifs is 1. The van der Waals surface area contributed by atoms with Crippen molar-refractivity contribution in [2.24, 2.45) is 11.7 Å². The van der Waals surface area contributed by atoms with Crippen LogP contribution >= 0.6 is 0 Å². The van der Waals surface area contributed by atoms with E-state index in [2.05, 4.69) is 23.8 Å². The lowest BCUT2D eigenvalue weighted by atomic mass is 9.86. The van der Waals surface area contributed by atoms with Gasteiger partial charge in [-0.05, 0) is 51.3 Å². The first-order valence-corrected chi connectivity index (χ1v) is 7.67. The Bertz CT molecular complexity index is 479. The molecule has 0 saturated carbocycles. The van der Waals surface area contributed by atoms with Crippen LogP contribution in [0.2, 0.25) is 0 Å². The Morgan fingerprint density at radius 1 is 1.20 bits per heavy atom. The Kier molecular flexibility index (Phi) is 3.89. The van der Waals surface area contributed by atoms with Crippen molar-refractivity contribution in [3.8, 4) is 0 Å². The number of anilines is 1. The molecule has 5 nitrogen and oxygen atoms in total. The average molecular weight is 275 g/mol. The first-order valence-electron chi connectivity index (χ1n) is 7.67. The largest absolute Gasteiger partial charge is 0.338 e. The zero-order valence-corrected chi connectivity index (χ0v) is 12.6. The number of rotatable bonds is 2. The topological polar surface area (TPSA) is 58.3 Å². The van der Waals surface area contributed by atoms with Crippen molar-refractivity contribution < 1.29 is 0 Å². The van der Waals surface area contributed by atoms with E-state index in [9.17, 15) is 0 Å². The van der Waals surface area contributed by atoms with Crippen molar-refractivity contribution in [1.29, 1.82) is 0 Å². The van der Waals surface area contributed by atoms with Gasteiger partial charge in [0.15, 0.2) is 0 Å². The van der Waals surface area contributed by atoms with Gasteiger partial charge >= 0.3 is 0 Å². The Balaban J connectivity index is 1.83. The Labute approximate surface area is 121 Å². The molecule has 1 saturated heterocycles. The van der Waals surface area contributed by atoms with Crippen LogP contribution in [0, 0.1) is 12.8 Å². The maximum absolute atomic E-state index is 5.82. The van der Waals surface area contributed by atoms with Crippen LogP contribution in [0.1, 0.15) is 23.4 Å². The van der Waals surface area contributed by atoms with E-state index in [1.165, 1.54) is 17.7 Å². The lowest BCUT2D eigenvalue weighted by molar-refractivity contribution is 0.311. The molecule has 110 valence electrons. The summed E-state index contributed by atoms with van der Waals surface area (Å²) in [6.07, 6.45) is 3.28. The molecule has 20 heavy (non-hydrogen) atoms. The predicted octanol–water partition coefficient (Wildman–Crippen LogP) is 0.600. The highest BCUT2D eigenvalue weighted by Crippen LogP contribution is 2.27. The van der Waals surface area contributed by atoms with E-state index in [-0.39, 0.29) is 0 Å². The van der Waals surface area contributed by atoms with Gasteiger partial charge in [-0.15, -0.1) is 0 Å². The fraction of sp³-hybridized carbons (Fsp3) is 0.733. The maximum atomic E-state index is 5.82. The second kappa shape index (κ2) is 5.66. The van der Waals surface area contributed by atoms with Crippen molar-refractivity contribution in [2.75, 3.05) is 44.7 Å². The monoisotopic (exact) mass is 275 g/mol. The second-order valence-corrected chi connectivity index (χ2v) is 6.17. The third-order valence-electron chi connectivity index (χ3n) is 4.69. The van der Waals surface area contributed by atoms with E-state index in [1.807, 2.05) is 0 Å². The second-order valence-electron chi connectivity index (χ2n) is 6.17. The molecule has 0 bridgehead atoms. The molecular formula is C15H25N5. The molecule has 0 spiro atoms. The van der Waals surface area contributed by atoms with E-state index in [0.29, 0.717) is 5.92 Å². The summed E-state index contributed by atoms with van der Waals surface area (Å²) in [5.74, 6) is 1.54. The summed E-state index contributed by atoms with van der Waals surface area (Å²) in [5.41, 5.74) is 9.58. The number of nitrogens with two attached hydrogens (primary N) is 1. The third kappa shape index (κ3) is 2.65. The zero-order chi connectivity index (χ0) is 14.1. The summed E-state index contributed by atoms with van der Waals surface area (Å²) in [6, 6.07) is 0. The van der Waals surface area contributed by atoms with Crippen molar-refractivity contribution in [1.82, 2.24) is 14.9 Å². The van der Waals surface area contributed by atoms with Crippen LogP contribution in [0.25, 0.3) is 0 Å². The highest BCUT2D eigenvalue weighted by Gasteiger charge is 2.24. The van der Waals surface area contributed by atoms with Crippen LogP contribution in [0.5, 0.6) is 0 Å². The van der Waals surface area contributed by atoms with Gasteiger partial charge in [-0.3, -0.25) is 0 Å². The highest BCUT2D eigenvalue weighted by atomic mass is 15.3. The molecule has 1 fully saturated rings. The SMILES string of the molecule is Cc1nc(N2CCN(C)CC2)nc2c1CC(CN)CC2. The molecule has 5 heteroatoms. The molecule has 1 unspecified atom stereocenters. The van der Waals surface area contributed by atoms with Crippen molar-refractivity contribution in [3.63, 3.8) is 0 Å². The molecule has 1 aromatic rings. The van der Waals surface area contributed by atoms with E-state index >= 15 is 0 Å². The molecule has 0 radical (unpaired) electrons. The normalized spacial score (nSPS) is 23.8. The lowest BCUT2D eigenvalue weighted by Gasteiger charge is -2.33. The molecule has 3 rings (SSSR count). The summed E-state index contributed by atoms with van der Waals surface area (Å²) < 4.78 is 0. The first-order chi connectivity index (χ1) is 9.67. The Morgan fingerprint density at radius 2 is 1.95 bits per heavy atom. The minimum absolute atomic E-state index is 0.610. The molecular weight excluding hydrogens is 250 g/mol. The van der Waals surface area contributed by atoms with Gasteiger partial charge < -0.3 is 15.5 Å². The number of hydrogen-bond donors (Lipinski definition) is 1. The number of piperazine rings is 1. The van der Waals surface area contributed by atoms with Crippen molar-refractivity contribution in [3.05, 3.63) is 17.0 Å². The first kappa shape index (κ1) is 13.8. The van der Waals surface area contributed by atoms with E-state index in [1.54, 1.807) is 0 Å². The molecule has 1 atom stereocenters. The van der Waals surface area contributed by atoms with Gasteiger partial charge in [0, 0.05) is 37.6 Å². The van der Waals surface area contributed by atoms with Crippen LogP contribution in [0.15, 0.2) is 0 Å². The molecule has 1 aliphatic carbocycles. The molecule has 2 aliphatic rings. The maximum Gasteiger partial charge on any atom is 0.225 e. The van der Waals surface area contributed by atoms with E-state index in [4.69, 9.17) is 15.7 Å². The molecule has 0 amide bonds. The highest BCUT2D eigenvalue weighted by molar-refractivity contribution is 5.38.